The van der Waals surface area contributed by atoms with Crippen LogP contribution in [0.25, 0.3) is 11.3 Å². The van der Waals surface area contributed by atoms with Gasteiger partial charge >= 0.3 is 5.97 Å². The van der Waals surface area contributed by atoms with Crippen LogP contribution in [0.15, 0.2) is 65.2 Å². The highest BCUT2D eigenvalue weighted by molar-refractivity contribution is 8.00. The molecule has 3 rings (SSSR count). The molecular weight excluding hydrogens is 383 g/mol. The number of carbonyl (C=O) groups excluding carboxylic acids is 2. The molecule has 1 N–H and O–H groups in total. The lowest BCUT2D eigenvalue weighted by molar-refractivity contribution is -0.141. The van der Waals surface area contributed by atoms with Crippen molar-refractivity contribution in [2.45, 2.75) is 6.61 Å². The summed E-state index contributed by atoms with van der Waals surface area (Å²) < 4.78 is 23.8. The monoisotopic (exact) mass is 400 g/mol. The second kappa shape index (κ2) is 9.70. The summed E-state index contributed by atoms with van der Waals surface area (Å²) in [7, 11) is 0. The van der Waals surface area contributed by atoms with E-state index in [0.717, 1.165) is 17.3 Å². The largest absolute Gasteiger partial charge is 0.458 e. The maximum absolute atomic E-state index is 13.5. The Morgan fingerprint density at radius 2 is 1.82 bits per heavy atom. The average Bonchev–Trinajstić information content (AvgIpc) is 3.18. The molecule has 0 fully saturated rings. The van der Waals surface area contributed by atoms with E-state index in [0.29, 0.717) is 11.5 Å². The van der Waals surface area contributed by atoms with Gasteiger partial charge in [0, 0.05) is 11.6 Å². The molecule has 0 saturated heterocycles. The number of thioether (sulfide) groups is 1. The van der Waals surface area contributed by atoms with Crippen LogP contribution in [0.1, 0.15) is 5.69 Å². The standard InChI is InChI=1S/C20H17FN2O4S/c21-16-8-4-5-9-17(16)22-19(24)12-28-13-20(25)26-11-15-10-18(27-23-15)14-6-2-1-3-7-14/h1-10H,11-13H2,(H,22,24). The summed E-state index contributed by atoms with van der Waals surface area (Å²) >= 11 is 1.08. The van der Waals surface area contributed by atoms with Gasteiger partial charge in [0.25, 0.3) is 0 Å². The van der Waals surface area contributed by atoms with E-state index in [4.69, 9.17) is 9.26 Å². The van der Waals surface area contributed by atoms with E-state index in [1.54, 1.807) is 12.1 Å². The summed E-state index contributed by atoms with van der Waals surface area (Å²) in [5.74, 6) is -0.798. The van der Waals surface area contributed by atoms with Crippen LogP contribution in [-0.2, 0) is 20.9 Å². The van der Waals surface area contributed by atoms with E-state index in [1.165, 1.54) is 18.2 Å². The van der Waals surface area contributed by atoms with Gasteiger partial charge in [-0.25, -0.2) is 4.39 Å². The van der Waals surface area contributed by atoms with E-state index >= 15 is 0 Å². The smallest absolute Gasteiger partial charge is 0.316 e. The molecule has 0 radical (unpaired) electrons. The fraction of sp³-hybridized carbons (Fsp3) is 0.150. The molecule has 28 heavy (non-hydrogen) atoms. The highest BCUT2D eigenvalue weighted by Gasteiger charge is 2.11. The molecule has 0 saturated carbocycles. The summed E-state index contributed by atoms with van der Waals surface area (Å²) in [6, 6.07) is 17.0. The first kappa shape index (κ1) is 19.6. The summed E-state index contributed by atoms with van der Waals surface area (Å²) in [5, 5.41) is 6.32. The zero-order valence-electron chi connectivity index (χ0n) is 14.8. The second-order valence-corrected chi connectivity index (χ2v) is 6.72. The van der Waals surface area contributed by atoms with Gasteiger partial charge in [-0.15, -0.1) is 11.8 Å². The van der Waals surface area contributed by atoms with Crippen LogP contribution in [0, 0.1) is 5.82 Å². The number of esters is 1. The first-order valence-corrected chi connectivity index (χ1v) is 9.56. The average molecular weight is 400 g/mol. The molecule has 3 aromatic rings. The van der Waals surface area contributed by atoms with E-state index in [2.05, 4.69) is 10.5 Å². The minimum Gasteiger partial charge on any atom is -0.458 e. The van der Waals surface area contributed by atoms with Gasteiger partial charge in [0.1, 0.15) is 18.1 Å². The second-order valence-electron chi connectivity index (χ2n) is 5.73. The minimum atomic E-state index is -0.511. The van der Waals surface area contributed by atoms with Crippen LogP contribution in [0.5, 0.6) is 0 Å². The fourth-order valence-corrected chi connectivity index (χ4v) is 2.90. The Balaban J connectivity index is 1.37. The SMILES string of the molecule is O=C(CSCC(=O)OCc1cc(-c2ccccc2)on1)Nc1ccccc1F. The first-order valence-electron chi connectivity index (χ1n) is 8.40. The van der Waals surface area contributed by atoms with Crippen LogP contribution in [-0.4, -0.2) is 28.5 Å². The zero-order valence-corrected chi connectivity index (χ0v) is 15.6. The lowest BCUT2D eigenvalue weighted by Crippen LogP contribution is -2.17. The normalized spacial score (nSPS) is 10.5. The van der Waals surface area contributed by atoms with E-state index < -0.39 is 17.7 Å². The molecule has 0 spiro atoms. The number of para-hydroxylation sites is 1. The number of nitrogens with zero attached hydrogens (tertiary/aromatic N) is 1. The maximum Gasteiger partial charge on any atom is 0.316 e. The van der Waals surface area contributed by atoms with Gasteiger partial charge < -0.3 is 14.6 Å². The highest BCUT2D eigenvalue weighted by atomic mass is 32.2. The number of hydrogen-bond donors (Lipinski definition) is 1. The fourth-order valence-electron chi connectivity index (χ4n) is 2.29. The number of nitrogens with one attached hydrogen (secondary N) is 1. The van der Waals surface area contributed by atoms with Crippen molar-refractivity contribution in [2.24, 2.45) is 0 Å². The van der Waals surface area contributed by atoms with Crippen molar-refractivity contribution >= 4 is 29.3 Å². The molecule has 1 aromatic heterocycles. The number of amides is 1. The van der Waals surface area contributed by atoms with Gasteiger partial charge in [0.2, 0.25) is 5.91 Å². The molecule has 0 atom stereocenters. The van der Waals surface area contributed by atoms with Crippen molar-refractivity contribution < 1.29 is 23.2 Å². The van der Waals surface area contributed by atoms with Crippen molar-refractivity contribution in [2.75, 3.05) is 16.8 Å². The summed E-state index contributed by atoms with van der Waals surface area (Å²) in [4.78, 5) is 23.6. The molecule has 8 heteroatoms. The van der Waals surface area contributed by atoms with Gasteiger partial charge in [0.15, 0.2) is 5.76 Å². The molecule has 0 aliphatic rings. The number of aromatic nitrogens is 1. The number of rotatable bonds is 8. The molecule has 0 aliphatic carbocycles. The van der Waals surface area contributed by atoms with Crippen molar-refractivity contribution in [1.29, 1.82) is 0 Å². The lowest BCUT2D eigenvalue weighted by Gasteiger charge is -2.06. The number of carbonyl (C=O) groups is 2. The van der Waals surface area contributed by atoms with Crippen LogP contribution < -0.4 is 5.32 Å². The van der Waals surface area contributed by atoms with Crippen LogP contribution in [0.2, 0.25) is 0 Å². The van der Waals surface area contributed by atoms with E-state index in [9.17, 15) is 14.0 Å². The number of halogens is 1. The summed E-state index contributed by atoms with van der Waals surface area (Å²) in [6.07, 6.45) is 0. The van der Waals surface area contributed by atoms with Gasteiger partial charge in [-0.05, 0) is 12.1 Å². The Labute approximate surface area is 165 Å². The van der Waals surface area contributed by atoms with E-state index in [-0.39, 0.29) is 23.8 Å². The van der Waals surface area contributed by atoms with Crippen LogP contribution in [0.4, 0.5) is 10.1 Å². The van der Waals surface area contributed by atoms with Crippen LogP contribution in [0.3, 0.4) is 0 Å². The predicted octanol–water partition coefficient (Wildman–Crippen LogP) is 3.90. The molecule has 1 amide bonds. The number of anilines is 1. The summed E-state index contributed by atoms with van der Waals surface area (Å²) in [5.41, 5.74) is 1.48. The number of benzene rings is 2. The Morgan fingerprint density at radius 1 is 1.07 bits per heavy atom. The Bertz CT molecular complexity index is 946. The maximum atomic E-state index is 13.5. The number of hydrogen-bond acceptors (Lipinski definition) is 6. The molecule has 0 bridgehead atoms. The predicted molar refractivity (Wildman–Crippen MR) is 104 cm³/mol. The van der Waals surface area contributed by atoms with Crippen molar-refractivity contribution in [3.63, 3.8) is 0 Å². The van der Waals surface area contributed by atoms with E-state index in [1.807, 2.05) is 30.3 Å². The molecular formula is C20H17FN2O4S. The van der Waals surface area contributed by atoms with Gasteiger partial charge in [-0.2, -0.15) is 0 Å². The third-order valence-electron chi connectivity index (χ3n) is 3.60. The highest BCUT2D eigenvalue weighted by Crippen LogP contribution is 2.20. The third-order valence-corrected chi connectivity index (χ3v) is 4.51. The van der Waals surface area contributed by atoms with Crippen LogP contribution >= 0.6 is 11.8 Å². The minimum absolute atomic E-state index is 0.00551. The molecule has 6 nitrogen and oxygen atoms in total. The lowest BCUT2D eigenvalue weighted by atomic mass is 10.2. The number of ether oxygens (including phenoxy) is 1. The summed E-state index contributed by atoms with van der Waals surface area (Å²) in [6.45, 7) is -0.0167. The molecule has 144 valence electrons. The van der Waals surface area contributed by atoms with Gasteiger partial charge in [0.05, 0.1) is 17.2 Å². The molecule has 2 aromatic carbocycles. The quantitative estimate of drug-likeness (QED) is 0.578. The van der Waals surface area contributed by atoms with Crippen molar-refractivity contribution in [3.05, 3.63) is 72.2 Å². The van der Waals surface area contributed by atoms with Crippen molar-refractivity contribution in [3.8, 4) is 11.3 Å². The van der Waals surface area contributed by atoms with Gasteiger partial charge in [-0.3, -0.25) is 9.59 Å². The Kier molecular flexibility index (Phi) is 6.80. The molecule has 0 aliphatic heterocycles. The Morgan fingerprint density at radius 3 is 2.61 bits per heavy atom. The first-order chi connectivity index (χ1) is 13.6. The molecule has 1 heterocycles. The Hall–Kier alpha value is -3.13. The van der Waals surface area contributed by atoms with Gasteiger partial charge in [-0.1, -0.05) is 47.6 Å². The topological polar surface area (TPSA) is 81.4 Å². The third kappa shape index (κ3) is 5.68. The zero-order chi connectivity index (χ0) is 19.8. The van der Waals surface area contributed by atoms with Crippen molar-refractivity contribution in [1.82, 2.24) is 5.16 Å². The molecule has 0 unspecified atom stereocenters.